The molecule has 0 fully saturated rings. The van der Waals surface area contributed by atoms with Gasteiger partial charge in [-0.25, -0.2) is 0 Å². The standard InChI is InChI=1S/C13H22N2O2S/c1-4-11(8-18-3)15-6-12-10(7-16)5-14-9(2)13(12)17/h5,11,15-17H,4,6-8H2,1-3H3. The van der Waals surface area contributed by atoms with Crippen molar-refractivity contribution in [3.05, 3.63) is 23.0 Å². The van der Waals surface area contributed by atoms with Crippen molar-refractivity contribution in [3.63, 3.8) is 0 Å². The lowest BCUT2D eigenvalue weighted by molar-refractivity contribution is 0.278. The topological polar surface area (TPSA) is 65.4 Å². The molecule has 1 atom stereocenters. The number of aromatic nitrogens is 1. The number of rotatable bonds is 7. The van der Waals surface area contributed by atoms with Gasteiger partial charge in [-0.05, 0) is 19.6 Å². The van der Waals surface area contributed by atoms with Crippen LogP contribution in [-0.4, -0.2) is 33.2 Å². The monoisotopic (exact) mass is 270 g/mol. The van der Waals surface area contributed by atoms with E-state index in [0.717, 1.165) is 17.7 Å². The fraction of sp³-hybridized carbons (Fsp3) is 0.615. The van der Waals surface area contributed by atoms with E-state index in [9.17, 15) is 10.2 Å². The summed E-state index contributed by atoms with van der Waals surface area (Å²) < 4.78 is 0. The fourth-order valence-corrected chi connectivity index (χ4v) is 2.54. The molecule has 1 heterocycles. The number of nitrogens with zero attached hydrogens (tertiary/aromatic N) is 1. The van der Waals surface area contributed by atoms with E-state index in [1.807, 2.05) is 0 Å². The van der Waals surface area contributed by atoms with E-state index in [1.54, 1.807) is 24.9 Å². The first kappa shape index (κ1) is 15.3. The predicted octanol–water partition coefficient (Wildman–Crippen LogP) is 1.82. The highest BCUT2D eigenvalue weighted by molar-refractivity contribution is 7.98. The SMILES string of the molecule is CCC(CSC)NCc1c(CO)cnc(C)c1O. The zero-order valence-corrected chi connectivity index (χ0v) is 12.0. The van der Waals surface area contributed by atoms with Crippen LogP contribution in [0.25, 0.3) is 0 Å². The van der Waals surface area contributed by atoms with Crippen molar-refractivity contribution in [2.24, 2.45) is 0 Å². The van der Waals surface area contributed by atoms with E-state index in [1.165, 1.54) is 0 Å². The van der Waals surface area contributed by atoms with E-state index >= 15 is 0 Å². The van der Waals surface area contributed by atoms with E-state index in [4.69, 9.17) is 0 Å². The second kappa shape index (κ2) is 7.61. The average molecular weight is 270 g/mol. The minimum absolute atomic E-state index is 0.100. The first-order valence-corrected chi connectivity index (χ1v) is 7.52. The molecule has 0 aromatic carbocycles. The van der Waals surface area contributed by atoms with Crippen LogP contribution in [0, 0.1) is 6.92 Å². The van der Waals surface area contributed by atoms with Crippen LogP contribution >= 0.6 is 11.8 Å². The molecular formula is C13H22N2O2S. The molecule has 4 nitrogen and oxygen atoms in total. The number of aryl methyl sites for hydroxylation is 1. The summed E-state index contributed by atoms with van der Waals surface area (Å²) in [5, 5.41) is 22.7. The molecule has 0 saturated carbocycles. The molecule has 0 spiro atoms. The molecule has 1 aromatic rings. The van der Waals surface area contributed by atoms with Gasteiger partial charge >= 0.3 is 0 Å². The van der Waals surface area contributed by atoms with Crippen LogP contribution in [0.2, 0.25) is 0 Å². The van der Waals surface area contributed by atoms with Gasteiger partial charge in [0.25, 0.3) is 0 Å². The van der Waals surface area contributed by atoms with Crippen molar-refractivity contribution >= 4 is 11.8 Å². The summed E-state index contributed by atoms with van der Waals surface area (Å²) in [6, 6.07) is 0.416. The van der Waals surface area contributed by atoms with Gasteiger partial charge in [0.15, 0.2) is 0 Å². The summed E-state index contributed by atoms with van der Waals surface area (Å²) in [6.07, 6.45) is 4.75. The molecule has 0 aliphatic heterocycles. The number of thioether (sulfide) groups is 1. The number of aromatic hydroxyl groups is 1. The lowest BCUT2D eigenvalue weighted by atomic mass is 10.1. The van der Waals surface area contributed by atoms with Gasteiger partial charge in [0, 0.05) is 35.7 Å². The number of nitrogens with one attached hydrogen (secondary N) is 1. The summed E-state index contributed by atoms with van der Waals surface area (Å²) in [6.45, 7) is 4.36. The zero-order chi connectivity index (χ0) is 13.5. The van der Waals surface area contributed by atoms with E-state index in [-0.39, 0.29) is 12.4 Å². The number of pyridine rings is 1. The number of aliphatic hydroxyl groups is 1. The van der Waals surface area contributed by atoms with Crippen LogP contribution in [-0.2, 0) is 13.2 Å². The Balaban J connectivity index is 2.79. The van der Waals surface area contributed by atoms with Gasteiger partial charge in [0.1, 0.15) is 5.75 Å². The lowest BCUT2D eigenvalue weighted by Gasteiger charge is -2.18. The zero-order valence-electron chi connectivity index (χ0n) is 11.2. The molecule has 0 aliphatic rings. The highest BCUT2D eigenvalue weighted by Crippen LogP contribution is 2.23. The van der Waals surface area contributed by atoms with Gasteiger partial charge in [-0.2, -0.15) is 11.8 Å². The third kappa shape index (κ3) is 3.86. The first-order chi connectivity index (χ1) is 8.63. The maximum atomic E-state index is 10.0. The van der Waals surface area contributed by atoms with Gasteiger partial charge in [-0.1, -0.05) is 6.92 Å². The van der Waals surface area contributed by atoms with Crippen molar-refractivity contribution in [1.82, 2.24) is 10.3 Å². The Hall–Kier alpha value is -0.780. The van der Waals surface area contributed by atoms with Gasteiger partial charge < -0.3 is 15.5 Å². The maximum Gasteiger partial charge on any atom is 0.141 e. The molecule has 0 aliphatic carbocycles. The van der Waals surface area contributed by atoms with Crippen molar-refractivity contribution in [2.75, 3.05) is 12.0 Å². The predicted molar refractivity (Wildman–Crippen MR) is 75.9 cm³/mol. The van der Waals surface area contributed by atoms with Crippen molar-refractivity contribution in [3.8, 4) is 5.75 Å². The van der Waals surface area contributed by atoms with E-state index in [0.29, 0.717) is 23.8 Å². The molecule has 102 valence electrons. The Labute approximate surface area is 113 Å². The minimum Gasteiger partial charge on any atom is -0.506 e. The Morgan fingerprint density at radius 2 is 2.22 bits per heavy atom. The maximum absolute atomic E-state index is 10.0. The number of aliphatic hydroxyl groups excluding tert-OH is 1. The summed E-state index contributed by atoms with van der Waals surface area (Å²) in [5.41, 5.74) is 2.04. The highest BCUT2D eigenvalue weighted by Gasteiger charge is 2.13. The molecule has 0 saturated heterocycles. The number of hydrogen-bond acceptors (Lipinski definition) is 5. The lowest BCUT2D eigenvalue weighted by Crippen LogP contribution is -2.30. The molecule has 0 amide bonds. The third-order valence-corrected chi connectivity index (χ3v) is 3.76. The van der Waals surface area contributed by atoms with E-state index in [2.05, 4.69) is 23.5 Å². The summed E-state index contributed by atoms with van der Waals surface area (Å²) in [7, 11) is 0. The minimum atomic E-state index is -0.100. The van der Waals surface area contributed by atoms with Gasteiger partial charge in [-0.15, -0.1) is 0 Å². The highest BCUT2D eigenvalue weighted by atomic mass is 32.2. The molecule has 1 aromatic heterocycles. The Morgan fingerprint density at radius 3 is 2.78 bits per heavy atom. The number of hydrogen-bond donors (Lipinski definition) is 3. The Bertz CT molecular complexity index is 385. The van der Waals surface area contributed by atoms with Crippen LogP contribution in [0.15, 0.2) is 6.20 Å². The van der Waals surface area contributed by atoms with Crippen LogP contribution in [0.4, 0.5) is 0 Å². The second-order valence-corrected chi connectivity index (χ2v) is 5.21. The molecular weight excluding hydrogens is 248 g/mol. The largest absolute Gasteiger partial charge is 0.506 e. The van der Waals surface area contributed by atoms with Gasteiger partial charge in [-0.3, -0.25) is 4.98 Å². The van der Waals surface area contributed by atoms with Crippen molar-refractivity contribution < 1.29 is 10.2 Å². The molecule has 18 heavy (non-hydrogen) atoms. The van der Waals surface area contributed by atoms with Gasteiger partial charge in [0.2, 0.25) is 0 Å². The second-order valence-electron chi connectivity index (χ2n) is 4.30. The molecule has 3 N–H and O–H groups in total. The van der Waals surface area contributed by atoms with Crippen LogP contribution in [0.3, 0.4) is 0 Å². The molecule has 5 heteroatoms. The Morgan fingerprint density at radius 1 is 1.50 bits per heavy atom. The summed E-state index contributed by atoms with van der Waals surface area (Å²) in [5.74, 6) is 1.23. The quantitative estimate of drug-likeness (QED) is 0.705. The van der Waals surface area contributed by atoms with Crippen LogP contribution in [0.5, 0.6) is 5.75 Å². The summed E-state index contributed by atoms with van der Waals surface area (Å²) >= 11 is 1.80. The first-order valence-electron chi connectivity index (χ1n) is 6.13. The van der Waals surface area contributed by atoms with E-state index < -0.39 is 0 Å². The Kier molecular flexibility index (Phi) is 6.46. The average Bonchev–Trinajstić information content (AvgIpc) is 2.38. The molecule has 0 radical (unpaired) electrons. The normalized spacial score (nSPS) is 12.7. The molecule has 1 unspecified atom stereocenters. The van der Waals surface area contributed by atoms with Crippen LogP contribution in [0.1, 0.15) is 30.2 Å². The van der Waals surface area contributed by atoms with Crippen molar-refractivity contribution in [2.45, 2.75) is 39.5 Å². The third-order valence-electron chi connectivity index (χ3n) is 3.03. The fourth-order valence-electron chi connectivity index (χ4n) is 1.79. The molecule has 0 bridgehead atoms. The molecule has 1 rings (SSSR count). The smallest absolute Gasteiger partial charge is 0.141 e. The summed E-state index contributed by atoms with van der Waals surface area (Å²) in [4.78, 5) is 4.05. The van der Waals surface area contributed by atoms with Gasteiger partial charge in [0.05, 0.1) is 12.3 Å². The van der Waals surface area contributed by atoms with Crippen LogP contribution < -0.4 is 5.32 Å². The van der Waals surface area contributed by atoms with Crippen molar-refractivity contribution in [1.29, 1.82) is 0 Å².